The Morgan fingerprint density at radius 2 is 2.14 bits per heavy atom. The Labute approximate surface area is 86.5 Å². The number of thiol groups is 1. The summed E-state index contributed by atoms with van der Waals surface area (Å²) in [4.78, 5) is 0. The van der Waals surface area contributed by atoms with Crippen molar-refractivity contribution in [3.63, 3.8) is 0 Å². The summed E-state index contributed by atoms with van der Waals surface area (Å²) >= 11 is 3.87. The van der Waals surface area contributed by atoms with Gasteiger partial charge in [-0.3, -0.25) is 0 Å². The van der Waals surface area contributed by atoms with Crippen LogP contribution in [-0.2, 0) is 0 Å². The number of hydrogen-bond donors (Lipinski definition) is 1. The lowest BCUT2D eigenvalue weighted by Gasteiger charge is -2.02. The molecular weight excluding hydrogens is 206 g/mol. The molecule has 0 aromatic heterocycles. The fourth-order valence-corrected chi connectivity index (χ4v) is 1.01. The van der Waals surface area contributed by atoms with E-state index in [0.29, 0.717) is 11.3 Å². The highest BCUT2D eigenvalue weighted by Crippen LogP contribution is 2.21. The maximum Gasteiger partial charge on any atom is 0.200 e. The maximum absolute atomic E-state index is 12.9. The highest BCUT2D eigenvalue weighted by atomic mass is 32.1. The molecule has 74 valence electrons. The Kier molecular flexibility index (Phi) is 3.78. The SMILES string of the molecule is COc1cc(C#CCS)cc(F)c1F. The molecule has 0 unspecified atom stereocenters. The van der Waals surface area contributed by atoms with Gasteiger partial charge in [-0.05, 0) is 12.1 Å². The molecule has 0 aliphatic rings. The molecule has 0 fully saturated rings. The first kappa shape index (κ1) is 10.9. The largest absolute Gasteiger partial charge is 0.494 e. The van der Waals surface area contributed by atoms with Gasteiger partial charge in [-0.15, -0.1) is 0 Å². The van der Waals surface area contributed by atoms with Gasteiger partial charge in [0.05, 0.1) is 12.9 Å². The van der Waals surface area contributed by atoms with Crippen LogP contribution in [0.5, 0.6) is 5.75 Å². The topological polar surface area (TPSA) is 9.23 Å². The molecule has 0 saturated heterocycles. The van der Waals surface area contributed by atoms with Crippen LogP contribution < -0.4 is 4.74 Å². The van der Waals surface area contributed by atoms with E-state index >= 15 is 0 Å². The highest BCUT2D eigenvalue weighted by Gasteiger charge is 2.09. The summed E-state index contributed by atoms with van der Waals surface area (Å²) in [5.41, 5.74) is 0.370. The Morgan fingerprint density at radius 3 is 2.71 bits per heavy atom. The summed E-state index contributed by atoms with van der Waals surface area (Å²) < 4.78 is 30.5. The van der Waals surface area contributed by atoms with E-state index in [9.17, 15) is 8.78 Å². The van der Waals surface area contributed by atoms with Crippen molar-refractivity contribution in [1.82, 2.24) is 0 Å². The monoisotopic (exact) mass is 214 g/mol. The lowest BCUT2D eigenvalue weighted by atomic mass is 10.2. The number of methoxy groups -OCH3 is 1. The van der Waals surface area contributed by atoms with E-state index in [1.165, 1.54) is 13.2 Å². The van der Waals surface area contributed by atoms with Gasteiger partial charge in [0.1, 0.15) is 0 Å². The number of ether oxygens (including phenoxy) is 1. The van der Waals surface area contributed by atoms with Gasteiger partial charge < -0.3 is 4.74 Å². The maximum atomic E-state index is 12.9. The minimum absolute atomic E-state index is 0.145. The first-order valence-electron chi connectivity index (χ1n) is 3.81. The molecule has 0 bridgehead atoms. The molecule has 0 heterocycles. The first-order valence-corrected chi connectivity index (χ1v) is 4.45. The summed E-state index contributed by atoms with van der Waals surface area (Å²) in [6.07, 6.45) is 0. The van der Waals surface area contributed by atoms with Gasteiger partial charge in [0, 0.05) is 5.56 Å². The molecule has 1 aromatic carbocycles. The van der Waals surface area contributed by atoms with Gasteiger partial charge in [0.2, 0.25) is 5.82 Å². The van der Waals surface area contributed by atoms with Crippen molar-refractivity contribution < 1.29 is 13.5 Å². The van der Waals surface area contributed by atoms with E-state index in [0.717, 1.165) is 6.07 Å². The standard InChI is InChI=1S/C10H8F2OS/c1-13-9-6-7(3-2-4-14)5-8(11)10(9)12/h5-6,14H,4H2,1H3. The van der Waals surface area contributed by atoms with Gasteiger partial charge >= 0.3 is 0 Å². The molecule has 0 N–H and O–H groups in total. The minimum Gasteiger partial charge on any atom is -0.494 e. The second-order valence-electron chi connectivity index (χ2n) is 2.43. The molecule has 14 heavy (non-hydrogen) atoms. The Hall–Kier alpha value is -1.21. The second kappa shape index (κ2) is 4.87. The van der Waals surface area contributed by atoms with Gasteiger partial charge in [0.25, 0.3) is 0 Å². The van der Waals surface area contributed by atoms with Crippen molar-refractivity contribution in [1.29, 1.82) is 0 Å². The third-order valence-electron chi connectivity index (χ3n) is 1.53. The molecule has 1 aromatic rings. The predicted octanol–water partition coefficient (Wildman–Crippen LogP) is 2.25. The number of rotatable bonds is 1. The Balaban J connectivity index is 3.16. The van der Waals surface area contributed by atoms with Gasteiger partial charge in [-0.25, -0.2) is 4.39 Å². The first-order chi connectivity index (χ1) is 6.69. The van der Waals surface area contributed by atoms with E-state index in [-0.39, 0.29) is 5.75 Å². The third-order valence-corrected chi connectivity index (χ3v) is 1.68. The van der Waals surface area contributed by atoms with Crippen molar-refractivity contribution >= 4 is 12.6 Å². The van der Waals surface area contributed by atoms with E-state index in [1.807, 2.05) is 0 Å². The van der Waals surface area contributed by atoms with Crippen molar-refractivity contribution in [2.75, 3.05) is 12.9 Å². The zero-order valence-corrected chi connectivity index (χ0v) is 8.37. The van der Waals surface area contributed by atoms with Crippen LogP contribution in [0.15, 0.2) is 12.1 Å². The Bertz CT molecular complexity index is 393. The summed E-state index contributed by atoms with van der Waals surface area (Å²) in [5, 5.41) is 0. The number of hydrogen-bond acceptors (Lipinski definition) is 2. The van der Waals surface area contributed by atoms with Gasteiger partial charge in [0.15, 0.2) is 11.6 Å². The highest BCUT2D eigenvalue weighted by molar-refractivity contribution is 7.80. The van der Waals surface area contributed by atoms with Crippen LogP contribution in [0.3, 0.4) is 0 Å². The third kappa shape index (κ3) is 2.39. The lowest BCUT2D eigenvalue weighted by Crippen LogP contribution is -1.93. The van der Waals surface area contributed by atoms with E-state index in [4.69, 9.17) is 0 Å². The molecule has 0 saturated carbocycles. The van der Waals surface area contributed by atoms with Crippen LogP contribution in [-0.4, -0.2) is 12.9 Å². The molecule has 0 atom stereocenters. The van der Waals surface area contributed by atoms with Crippen LogP contribution in [0.1, 0.15) is 5.56 Å². The van der Waals surface area contributed by atoms with E-state index in [1.54, 1.807) is 0 Å². The fourth-order valence-electron chi connectivity index (χ4n) is 0.926. The fraction of sp³-hybridized carbons (Fsp3) is 0.200. The summed E-state index contributed by atoms with van der Waals surface area (Å²) in [7, 11) is 1.27. The van der Waals surface area contributed by atoms with Crippen LogP contribution >= 0.6 is 12.6 Å². The molecule has 0 amide bonds. The summed E-state index contributed by atoms with van der Waals surface area (Å²) in [6.45, 7) is 0. The lowest BCUT2D eigenvalue weighted by molar-refractivity contribution is 0.371. The molecule has 0 aliphatic carbocycles. The van der Waals surface area contributed by atoms with Gasteiger partial charge in [-0.2, -0.15) is 17.0 Å². The summed E-state index contributed by atoms with van der Waals surface area (Å²) in [6, 6.07) is 2.36. The average molecular weight is 214 g/mol. The Morgan fingerprint density at radius 1 is 1.43 bits per heavy atom. The van der Waals surface area contributed by atoms with Crippen LogP contribution in [0.25, 0.3) is 0 Å². The van der Waals surface area contributed by atoms with Crippen molar-refractivity contribution in [2.45, 2.75) is 0 Å². The van der Waals surface area contributed by atoms with Crippen molar-refractivity contribution in [3.8, 4) is 17.6 Å². The minimum atomic E-state index is -0.996. The smallest absolute Gasteiger partial charge is 0.200 e. The molecule has 1 rings (SSSR count). The molecule has 0 spiro atoms. The molecule has 0 aliphatic heterocycles. The van der Waals surface area contributed by atoms with Crippen molar-refractivity contribution in [2.24, 2.45) is 0 Å². The van der Waals surface area contributed by atoms with Crippen LogP contribution in [0.4, 0.5) is 8.78 Å². The quantitative estimate of drug-likeness (QED) is 0.557. The average Bonchev–Trinajstić information content (AvgIpc) is 2.19. The molecular formula is C10H8F2OS. The summed E-state index contributed by atoms with van der Waals surface area (Å²) in [5.74, 6) is 3.51. The molecule has 4 heteroatoms. The molecule has 1 nitrogen and oxygen atoms in total. The number of benzene rings is 1. The van der Waals surface area contributed by atoms with E-state index < -0.39 is 11.6 Å². The normalized spacial score (nSPS) is 9.14. The van der Waals surface area contributed by atoms with E-state index in [2.05, 4.69) is 29.2 Å². The number of halogens is 2. The van der Waals surface area contributed by atoms with Crippen LogP contribution in [0, 0.1) is 23.5 Å². The predicted molar refractivity (Wildman–Crippen MR) is 53.6 cm³/mol. The zero-order valence-electron chi connectivity index (χ0n) is 7.47. The van der Waals surface area contributed by atoms with Gasteiger partial charge in [-0.1, -0.05) is 11.8 Å². The zero-order chi connectivity index (χ0) is 10.6. The van der Waals surface area contributed by atoms with Crippen molar-refractivity contribution in [3.05, 3.63) is 29.3 Å². The van der Waals surface area contributed by atoms with Crippen LogP contribution in [0.2, 0.25) is 0 Å². The second-order valence-corrected chi connectivity index (χ2v) is 2.75. The molecule has 0 radical (unpaired) electrons.